The molecule has 0 unspecified atom stereocenters. The molecule has 0 atom stereocenters. The zero-order valence-corrected chi connectivity index (χ0v) is 9.74. The maximum atomic E-state index is 6.02. The monoisotopic (exact) mass is 218 g/mol. The highest BCUT2D eigenvalue weighted by Gasteiger charge is 2.19. The molecule has 0 heterocycles. The Morgan fingerprint density at radius 3 is 2.69 bits per heavy atom. The van der Waals surface area contributed by atoms with Gasteiger partial charge >= 0.3 is 0 Å². The molecule has 2 heteroatoms. The van der Waals surface area contributed by atoms with Crippen LogP contribution in [0.15, 0.2) is 24.8 Å². The van der Waals surface area contributed by atoms with Crippen LogP contribution in [-0.4, -0.2) is 13.2 Å². The van der Waals surface area contributed by atoms with Gasteiger partial charge in [-0.05, 0) is 31.7 Å². The van der Waals surface area contributed by atoms with Gasteiger partial charge in [-0.3, -0.25) is 0 Å². The van der Waals surface area contributed by atoms with E-state index in [2.05, 4.69) is 6.58 Å². The van der Waals surface area contributed by atoms with Crippen molar-refractivity contribution in [3.8, 4) is 11.5 Å². The van der Waals surface area contributed by atoms with Crippen LogP contribution in [0.4, 0.5) is 0 Å². The third-order valence-electron chi connectivity index (χ3n) is 3.04. The topological polar surface area (TPSA) is 18.5 Å². The predicted octanol–water partition coefficient (Wildman–Crippen LogP) is 3.66. The van der Waals surface area contributed by atoms with Gasteiger partial charge in [0, 0.05) is 5.56 Å². The van der Waals surface area contributed by atoms with E-state index in [1.807, 2.05) is 24.3 Å². The van der Waals surface area contributed by atoms with Crippen molar-refractivity contribution in [1.29, 1.82) is 0 Å². The molecule has 2 rings (SSSR count). The van der Waals surface area contributed by atoms with Crippen LogP contribution in [0.1, 0.15) is 31.2 Å². The van der Waals surface area contributed by atoms with Crippen LogP contribution >= 0.6 is 0 Å². The van der Waals surface area contributed by atoms with Crippen LogP contribution in [0.3, 0.4) is 0 Å². The number of benzene rings is 1. The maximum absolute atomic E-state index is 6.02. The van der Waals surface area contributed by atoms with Crippen LogP contribution in [0.25, 0.3) is 6.08 Å². The van der Waals surface area contributed by atoms with Crippen molar-refractivity contribution in [2.24, 2.45) is 0 Å². The molecule has 1 fully saturated rings. The summed E-state index contributed by atoms with van der Waals surface area (Å²) in [6.07, 6.45) is 6.98. The molecule has 0 radical (unpaired) electrons. The van der Waals surface area contributed by atoms with Crippen LogP contribution in [0, 0.1) is 0 Å². The van der Waals surface area contributed by atoms with Crippen molar-refractivity contribution >= 4 is 6.08 Å². The summed E-state index contributed by atoms with van der Waals surface area (Å²) < 4.78 is 11.3. The zero-order valence-electron chi connectivity index (χ0n) is 9.74. The van der Waals surface area contributed by atoms with Gasteiger partial charge in [0.1, 0.15) is 0 Å². The number of hydrogen-bond donors (Lipinski definition) is 0. The van der Waals surface area contributed by atoms with Gasteiger partial charge in [-0.25, -0.2) is 0 Å². The van der Waals surface area contributed by atoms with E-state index in [9.17, 15) is 0 Å². The average molecular weight is 218 g/mol. The van der Waals surface area contributed by atoms with E-state index >= 15 is 0 Å². The van der Waals surface area contributed by atoms with Crippen LogP contribution < -0.4 is 9.47 Å². The van der Waals surface area contributed by atoms with Gasteiger partial charge in [-0.1, -0.05) is 24.8 Å². The number of methoxy groups -OCH3 is 1. The normalized spacial score (nSPS) is 16.1. The van der Waals surface area contributed by atoms with E-state index in [1.165, 1.54) is 12.8 Å². The Balaban J connectivity index is 2.24. The summed E-state index contributed by atoms with van der Waals surface area (Å²) in [5.74, 6) is 1.64. The van der Waals surface area contributed by atoms with Crippen LogP contribution in [0.5, 0.6) is 11.5 Å². The summed E-state index contributed by atoms with van der Waals surface area (Å²) in [4.78, 5) is 0. The van der Waals surface area contributed by atoms with Crippen molar-refractivity contribution in [2.75, 3.05) is 7.11 Å². The minimum absolute atomic E-state index is 0.343. The second kappa shape index (κ2) is 5.06. The third-order valence-corrected chi connectivity index (χ3v) is 3.04. The molecule has 0 aliphatic heterocycles. The number of hydrogen-bond acceptors (Lipinski definition) is 2. The number of ether oxygens (including phenoxy) is 2. The van der Waals surface area contributed by atoms with Gasteiger partial charge in [0.2, 0.25) is 0 Å². The quantitative estimate of drug-likeness (QED) is 0.767. The molecule has 0 amide bonds. The molecule has 86 valence electrons. The minimum atomic E-state index is 0.343. The molecule has 1 aliphatic carbocycles. The Hall–Kier alpha value is -1.44. The lowest BCUT2D eigenvalue weighted by molar-refractivity contribution is 0.200. The molecule has 2 nitrogen and oxygen atoms in total. The summed E-state index contributed by atoms with van der Waals surface area (Å²) in [5.41, 5.74) is 1.01. The van der Waals surface area contributed by atoms with Gasteiger partial charge < -0.3 is 9.47 Å². The highest BCUT2D eigenvalue weighted by Crippen LogP contribution is 2.35. The van der Waals surface area contributed by atoms with Crippen molar-refractivity contribution in [2.45, 2.75) is 31.8 Å². The van der Waals surface area contributed by atoms with Gasteiger partial charge in [0.05, 0.1) is 13.2 Å². The molecule has 0 aromatic heterocycles. The zero-order chi connectivity index (χ0) is 11.4. The molecule has 0 spiro atoms. The third kappa shape index (κ3) is 2.21. The van der Waals surface area contributed by atoms with E-state index in [1.54, 1.807) is 7.11 Å². The maximum Gasteiger partial charge on any atom is 0.168 e. The van der Waals surface area contributed by atoms with Gasteiger partial charge in [0.15, 0.2) is 11.5 Å². The van der Waals surface area contributed by atoms with E-state index in [-0.39, 0.29) is 0 Å². The van der Waals surface area contributed by atoms with Crippen molar-refractivity contribution < 1.29 is 9.47 Å². The SMILES string of the molecule is C=Cc1cccc(OC)c1OC1CCCC1. The van der Waals surface area contributed by atoms with Crippen molar-refractivity contribution in [3.05, 3.63) is 30.3 Å². The fraction of sp³-hybridized carbons (Fsp3) is 0.429. The standard InChI is InChI=1S/C14H18O2/c1-3-11-7-6-10-13(15-2)14(11)16-12-8-4-5-9-12/h3,6-7,10,12H,1,4-5,8-9H2,2H3. The van der Waals surface area contributed by atoms with Crippen molar-refractivity contribution in [3.63, 3.8) is 0 Å². The Labute approximate surface area is 96.9 Å². The van der Waals surface area contributed by atoms with Crippen molar-refractivity contribution in [1.82, 2.24) is 0 Å². The first-order chi connectivity index (χ1) is 7.85. The van der Waals surface area contributed by atoms with Gasteiger partial charge in [0.25, 0.3) is 0 Å². The number of para-hydroxylation sites is 1. The van der Waals surface area contributed by atoms with Crippen LogP contribution in [0.2, 0.25) is 0 Å². The van der Waals surface area contributed by atoms with E-state index < -0.39 is 0 Å². The molecule has 1 aromatic carbocycles. The fourth-order valence-corrected chi connectivity index (χ4v) is 2.15. The smallest absolute Gasteiger partial charge is 0.168 e. The second-order valence-electron chi connectivity index (χ2n) is 4.11. The average Bonchev–Trinajstić information content (AvgIpc) is 2.82. The molecule has 1 aliphatic rings. The molecule has 0 saturated heterocycles. The highest BCUT2D eigenvalue weighted by atomic mass is 16.5. The first-order valence-electron chi connectivity index (χ1n) is 5.81. The fourth-order valence-electron chi connectivity index (χ4n) is 2.15. The Kier molecular flexibility index (Phi) is 3.50. The summed E-state index contributed by atoms with van der Waals surface area (Å²) in [6.45, 7) is 3.81. The summed E-state index contributed by atoms with van der Waals surface area (Å²) in [5, 5.41) is 0. The molecule has 1 aromatic rings. The second-order valence-corrected chi connectivity index (χ2v) is 4.11. The minimum Gasteiger partial charge on any atom is -0.493 e. The van der Waals surface area contributed by atoms with E-state index in [0.717, 1.165) is 29.9 Å². The Bertz CT molecular complexity index is 365. The summed E-state index contributed by atoms with van der Waals surface area (Å²) >= 11 is 0. The van der Waals surface area contributed by atoms with Gasteiger partial charge in [-0.2, -0.15) is 0 Å². The lowest BCUT2D eigenvalue weighted by Crippen LogP contribution is -2.12. The number of rotatable bonds is 4. The Morgan fingerprint density at radius 1 is 1.31 bits per heavy atom. The first kappa shape index (κ1) is 11.1. The molecule has 0 N–H and O–H groups in total. The van der Waals surface area contributed by atoms with E-state index in [0.29, 0.717) is 6.10 Å². The first-order valence-corrected chi connectivity index (χ1v) is 5.81. The largest absolute Gasteiger partial charge is 0.493 e. The predicted molar refractivity (Wildman–Crippen MR) is 66.0 cm³/mol. The highest BCUT2D eigenvalue weighted by molar-refractivity contribution is 5.61. The van der Waals surface area contributed by atoms with Gasteiger partial charge in [-0.15, -0.1) is 0 Å². The molecule has 16 heavy (non-hydrogen) atoms. The lowest BCUT2D eigenvalue weighted by atomic mass is 10.2. The molecular weight excluding hydrogens is 200 g/mol. The lowest BCUT2D eigenvalue weighted by Gasteiger charge is -2.17. The molecule has 1 saturated carbocycles. The molecule has 0 bridgehead atoms. The summed E-state index contributed by atoms with van der Waals surface area (Å²) in [6, 6.07) is 5.88. The summed E-state index contributed by atoms with van der Waals surface area (Å²) in [7, 11) is 1.67. The van der Waals surface area contributed by atoms with Crippen LogP contribution in [-0.2, 0) is 0 Å². The molecular formula is C14H18O2. The van der Waals surface area contributed by atoms with E-state index in [4.69, 9.17) is 9.47 Å². The Morgan fingerprint density at radius 2 is 2.06 bits per heavy atom.